The first-order valence-corrected chi connectivity index (χ1v) is 18.3. The van der Waals surface area contributed by atoms with Crippen molar-refractivity contribution in [1.82, 2.24) is 15.2 Å². The number of ether oxygens (including phenoxy) is 5. The second-order valence-electron chi connectivity index (χ2n) is 15.1. The Morgan fingerprint density at radius 1 is 1.11 bits per heavy atom. The number of aliphatic hydroxyl groups is 1. The molecule has 4 bridgehead atoms. The van der Waals surface area contributed by atoms with Crippen molar-refractivity contribution in [2.45, 2.75) is 89.4 Å². The van der Waals surface area contributed by atoms with Gasteiger partial charge in [0.2, 0.25) is 0 Å². The third-order valence-corrected chi connectivity index (χ3v) is 11.4. The highest BCUT2D eigenvalue weighted by atomic mass is 16.6. The monoisotopic (exact) mass is 733 g/mol. The van der Waals surface area contributed by atoms with E-state index in [9.17, 15) is 24.3 Å². The van der Waals surface area contributed by atoms with E-state index >= 15 is 0 Å². The van der Waals surface area contributed by atoms with Crippen LogP contribution in [0.25, 0.3) is 0 Å². The molecular formula is C40H51N3O10. The Kier molecular flexibility index (Phi) is 11.3. The van der Waals surface area contributed by atoms with E-state index in [1.807, 2.05) is 82.3 Å². The fraction of sp³-hybridized carbons (Fsp3) is 0.550. The van der Waals surface area contributed by atoms with Crippen LogP contribution in [0.2, 0.25) is 0 Å². The summed E-state index contributed by atoms with van der Waals surface area (Å²) in [5.41, 5.74) is 1.92. The summed E-state index contributed by atoms with van der Waals surface area (Å²) in [7, 11) is 5.32. The average molecular weight is 734 g/mol. The predicted molar refractivity (Wildman–Crippen MR) is 192 cm³/mol. The van der Waals surface area contributed by atoms with Crippen molar-refractivity contribution in [3.05, 3.63) is 83.2 Å². The number of benzene rings is 1. The van der Waals surface area contributed by atoms with E-state index in [4.69, 9.17) is 23.7 Å². The van der Waals surface area contributed by atoms with Gasteiger partial charge in [0.15, 0.2) is 6.10 Å². The molecule has 2 unspecified atom stereocenters. The van der Waals surface area contributed by atoms with Crippen molar-refractivity contribution in [1.29, 1.82) is 0 Å². The van der Waals surface area contributed by atoms with Crippen LogP contribution in [0.5, 0.6) is 0 Å². The Morgan fingerprint density at radius 3 is 2.53 bits per heavy atom. The molecule has 1 saturated carbocycles. The summed E-state index contributed by atoms with van der Waals surface area (Å²) in [5, 5.41) is 14.6. The molecule has 2 aliphatic carbocycles. The number of rotatable bonds is 9. The van der Waals surface area contributed by atoms with Crippen LogP contribution in [-0.2, 0) is 51.2 Å². The van der Waals surface area contributed by atoms with Gasteiger partial charge in [-0.25, -0.2) is 14.4 Å². The van der Waals surface area contributed by atoms with E-state index in [0.29, 0.717) is 12.2 Å². The van der Waals surface area contributed by atoms with Crippen molar-refractivity contribution < 1.29 is 48.0 Å². The number of hydrogen-bond donors (Lipinski definition) is 3. The van der Waals surface area contributed by atoms with Gasteiger partial charge in [0.25, 0.3) is 0 Å². The first-order chi connectivity index (χ1) is 25.3. The van der Waals surface area contributed by atoms with Gasteiger partial charge in [-0.3, -0.25) is 4.79 Å². The first kappa shape index (κ1) is 38.4. The van der Waals surface area contributed by atoms with Gasteiger partial charge in [0, 0.05) is 56.0 Å². The number of carbonyl (C=O) groups is 4. The maximum absolute atomic E-state index is 13.7. The van der Waals surface area contributed by atoms with Gasteiger partial charge in [-0.2, -0.15) is 0 Å². The largest absolute Gasteiger partial charge is 0.456 e. The number of methoxy groups -OCH3 is 1. The van der Waals surface area contributed by atoms with E-state index in [1.54, 1.807) is 25.3 Å². The van der Waals surface area contributed by atoms with Gasteiger partial charge in [0.1, 0.15) is 35.7 Å². The molecule has 1 spiro atoms. The number of aliphatic hydroxyl groups excluding tert-OH is 1. The van der Waals surface area contributed by atoms with Crippen molar-refractivity contribution in [3.63, 3.8) is 0 Å². The lowest BCUT2D eigenvalue weighted by Gasteiger charge is -2.48. The summed E-state index contributed by atoms with van der Waals surface area (Å²) < 4.78 is 30.4. The number of esters is 3. The Balaban J connectivity index is 1.24. The Bertz CT molecular complexity index is 1740. The highest BCUT2D eigenvalue weighted by molar-refractivity contribution is 6.32. The number of hydrogen-bond acceptors (Lipinski definition) is 11. The van der Waals surface area contributed by atoms with Crippen LogP contribution >= 0.6 is 0 Å². The topological polar surface area (TPSA) is 166 Å². The van der Waals surface area contributed by atoms with Crippen molar-refractivity contribution in [3.8, 4) is 0 Å². The molecule has 53 heavy (non-hydrogen) atoms. The highest BCUT2D eigenvalue weighted by Crippen LogP contribution is 2.61. The number of aromatic amines is 1. The molecule has 1 aromatic carbocycles. The van der Waals surface area contributed by atoms with E-state index in [-0.39, 0.29) is 18.9 Å². The van der Waals surface area contributed by atoms with Crippen LogP contribution in [0, 0.1) is 29.6 Å². The molecule has 286 valence electrons. The van der Waals surface area contributed by atoms with Gasteiger partial charge >= 0.3 is 23.8 Å². The first-order valence-electron chi connectivity index (χ1n) is 18.3. The quantitative estimate of drug-likeness (QED) is 0.150. The summed E-state index contributed by atoms with van der Waals surface area (Å²) in [6.07, 6.45) is 2.52. The normalized spacial score (nSPS) is 35.0. The van der Waals surface area contributed by atoms with E-state index in [1.165, 1.54) is 7.11 Å². The Hall–Kier alpha value is -4.30. The van der Waals surface area contributed by atoms with Gasteiger partial charge in [0.05, 0.1) is 6.10 Å². The lowest BCUT2D eigenvalue weighted by atomic mass is 9.57. The fourth-order valence-corrected chi connectivity index (χ4v) is 8.89. The zero-order valence-electron chi connectivity index (χ0n) is 31.3. The van der Waals surface area contributed by atoms with Crippen LogP contribution in [0.3, 0.4) is 0 Å². The molecule has 0 radical (unpaired) electrons. The molecule has 2 aliphatic heterocycles. The number of nitrogens with one attached hydrogen (secondary N) is 2. The molecule has 4 aliphatic rings. The van der Waals surface area contributed by atoms with E-state index in [0.717, 1.165) is 16.7 Å². The molecule has 2 fully saturated rings. The zero-order chi connectivity index (χ0) is 38.2. The molecule has 13 heteroatoms. The van der Waals surface area contributed by atoms with Crippen LogP contribution in [-0.4, -0.2) is 102 Å². The zero-order valence-corrected chi connectivity index (χ0v) is 31.3. The third kappa shape index (κ3) is 7.31. The molecule has 1 aromatic heterocycles. The lowest BCUT2D eigenvalue weighted by Crippen LogP contribution is -2.57. The minimum atomic E-state index is -1.10. The van der Waals surface area contributed by atoms with Gasteiger partial charge in [-0.05, 0) is 63.2 Å². The predicted octanol–water partition coefficient (Wildman–Crippen LogP) is 3.33. The number of cyclic esters (lactones) is 1. The number of aromatic nitrogens is 1. The fourth-order valence-electron chi connectivity index (χ4n) is 8.89. The van der Waals surface area contributed by atoms with Crippen LogP contribution < -0.4 is 5.32 Å². The SMILES string of the molecule is CO[C@H]1C[C@H]2C=CC3C4[C@H](O)[C@@H](C)[C@@H](OC(=O)c5ccc[nH]5)[C@@H]3O[C@]42/C(C)=C/[C@@H](C)[C@@H]([C@@H](C)OC(=O)C(=O)NCc2ccccc2CN(C)C)OC1=O. The molecule has 6 rings (SSSR count). The Morgan fingerprint density at radius 2 is 1.85 bits per heavy atom. The second-order valence-corrected chi connectivity index (χ2v) is 15.1. The summed E-state index contributed by atoms with van der Waals surface area (Å²) >= 11 is 0. The van der Waals surface area contributed by atoms with Gasteiger partial charge in [-0.1, -0.05) is 56.3 Å². The van der Waals surface area contributed by atoms with E-state index in [2.05, 4.69) is 10.3 Å². The second kappa shape index (κ2) is 15.6. The smallest absolute Gasteiger partial charge is 0.397 e. The Labute approximate surface area is 310 Å². The molecule has 1 amide bonds. The standard InChI is InChI=1S/C40H51N3O10/c1-21-17-22(2)40-27(14-15-28-31(40)32(44)23(3)34(35(28)53-40)52-37(46)29-13-10-16-41-29)18-30(49-7)38(47)51-33(21)24(4)50-39(48)36(45)42-19-25-11-8-9-12-26(25)20-43(5)6/h8-17,21,23-24,27-28,30-35,41,44H,18-20H2,1-7H3,(H,42,45)/b22-17+/t21-,23-,24-,27-,28?,30+,31?,32-,33+,34-,35-,40+/m1/s1. The summed E-state index contributed by atoms with van der Waals surface area (Å²) in [4.78, 5) is 57.7. The van der Waals surface area contributed by atoms with E-state index < -0.39 is 89.7 Å². The van der Waals surface area contributed by atoms with Crippen molar-refractivity contribution in [2.24, 2.45) is 29.6 Å². The molecule has 2 aromatic rings. The maximum Gasteiger partial charge on any atom is 0.397 e. The molecule has 3 N–H and O–H groups in total. The number of H-pyrrole nitrogens is 1. The van der Waals surface area contributed by atoms with Crippen LogP contribution in [0.15, 0.2) is 66.4 Å². The van der Waals surface area contributed by atoms with Gasteiger partial charge in [-0.15, -0.1) is 0 Å². The minimum absolute atomic E-state index is 0.135. The van der Waals surface area contributed by atoms with Crippen molar-refractivity contribution in [2.75, 3.05) is 21.2 Å². The summed E-state index contributed by atoms with van der Waals surface area (Å²) in [6.45, 7) is 8.00. The summed E-state index contributed by atoms with van der Waals surface area (Å²) in [5.74, 6) is -5.26. The molecule has 3 heterocycles. The lowest BCUT2D eigenvalue weighted by molar-refractivity contribution is -0.180. The third-order valence-electron chi connectivity index (χ3n) is 11.4. The van der Waals surface area contributed by atoms with Crippen LogP contribution in [0.4, 0.5) is 0 Å². The highest BCUT2D eigenvalue weighted by Gasteiger charge is 2.69. The number of carbonyl (C=O) groups excluding carboxylic acids is 4. The van der Waals surface area contributed by atoms with Crippen molar-refractivity contribution >= 4 is 23.8 Å². The maximum atomic E-state index is 13.7. The van der Waals surface area contributed by atoms with Crippen LogP contribution in [0.1, 0.15) is 55.7 Å². The average Bonchev–Trinajstić information content (AvgIpc) is 3.73. The number of nitrogens with zero attached hydrogens (tertiary/aromatic N) is 1. The number of amides is 1. The minimum Gasteiger partial charge on any atom is -0.456 e. The summed E-state index contributed by atoms with van der Waals surface area (Å²) in [6, 6.07) is 11.0. The molecule has 1 saturated heterocycles. The molecule has 12 atom stereocenters. The van der Waals surface area contributed by atoms with Gasteiger partial charge < -0.3 is 44.0 Å². The molecular weight excluding hydrogens is 682 g/mol. The molecule has 13 nitrogen and oxygen atoms in total.